The molecular formula is C21H20FN3O2. The summed E-state index contributed by atoms with van der Waals surface area (Å²) in [6, 6.07) is 12.7. The molecule has 1 heterocycles. The minimum atomic E-state index is -0.632. The molecule has 2 aromatic rings. The molecule has 0 saturated heterocycles. The fourth-order valence-electron chi connectivity index (χ4n) is 3.31. The van der Waals surface area contributed by atoms with Gasteiger partial charge in [-0.1, -0.05) is 32.0 Å². The molecule has 0 bridgehead atoms. The van der Waals surface area contributed by atoms with Crippen LogP contribution in [0.3, 0.4) is 0 Å². The number of nitrogens with zero attached hydrogens (tertiary/aromatic N) is 2. The maximum absolute atomic E-state index is 13.5. The van der Waals surface area contributed by atoms with Crippen molar-refractivity contribution in [2.45, 2.75) is 19.8 Å². The van der Waals surface area contributed by atoms with Crippen LogP contribution in [0.1, 0.15) is 41.3 Å². The molecule has 0 radical (unpaired) electrons. The summed E-state index contributed by atoms with van der Waals surface area (Å²) in [6.07, 6.45) is 0. The first-order chi connectivity index (χ1) is 12.9. The van der Waals surface area contributed by atoms with Gasteiger partial charge in [-0.15, -0.1) is 0 Å². The van der Waals surface area contributed by atoms with Gasteiger partial charge in [0.05, 0.1) is 11.5 Å². The zero-order valence-electron chi connectivity index (χ0n) is 15.2. The average Bonchev–Trinajstić information content (AvgIpc) is 2.65. The molecule has 138 valence electrons. The number of nitrogens with one attached hydrogen (secondary N) is 1. The molecule has 0 aliphatic carbocycles. The maximum atomic E-state index is 13.5. The fraction of sp³-hybridized carbons (Fsp3) is 0.286. The second-order valence-electron chi connectivity index (χ2n) is 7.04. The first-order valence-corrected chi connectivity index (χ1v) is 8.79. The molecule has 0 aromatic heterocycles. The van der Waals surface area contributed by atoms with Gasteiger partial charge in [-0.2, -0.15) is 5.26 Å². The lowest BCUT2D eigenvalue weighted by Crippen LogP contribution is -2.45. The van der Waals surface area contributed by atoms with Crippen LogP contribution in [0.5, 0.6) is 0 Å². The van der Waals surface area contributed by atoms with Gasteiger partial charge in [-0.25, -0.2) is 4.39 Å². The highest BCUT2D eigenvalue weighted by Crippen LogP contribution is 2.30. The number of carbonyl (C=O) groups excluding carboxylic acids is 2. The van der Waals surface area contributed by atoms with Gasteiger partial charge in [-0.3, -0.25) is 9.59 Å². The number of rotatable bonds is 4. The van der Waals surface area contributed by atoms with Crippen molar-refractivity contribution in [1.82, 2.24) is 4.90 Å². The number of halogens is 1. The molecule has 2 amide bonds. The van der Waals surface area contributed by atoms with E-state index >= 15 is 0 Å². The van der Waals surface area contributed by atoms with Gasteiger partial charge in [0.2, 0.25) is 5.91 Å². The van der Waals surface area contributed by atoms with Gasteiger partial charge < -0.3 is 10.2 Å². The third-order valence-corrected chi connectivity index (χ3v) is 4.51. The van der Waals surface area contributed by atoms with E-state index in [0.29, 0.717) is 23.4 Å². The summed E-state index contributed by atoms with van der Waals surface area (Å²) in [7, 11) is 0. The Bertz CT molecular complexity index is 933. The number of benzene rings is 2. The predicted molar refractivity (Wildman–Crippen MR) is 99.7 cm³/mol. The molecule has 3 rings (SSSR count). The Morgan fingerprint density at radius 2 is 2.07 bits per heavy atom. The second kappa shape index (κ2) is 7.58. The summed E-state index contributed by atoms with van der Waals surface area (Å²) < 4.78 is 13.5. The van der Waals surface area contributed by atoms with Crippen molar-refractivity contribution in [3.63, 3.8) is 0 Å². The molecule has 0 unspecified atom stereocenters. The van der Waals surface area contributed by atoms with Gasteiger partial charge >= 0.3 is 0 Å². The molecule has 1 N–H and O–H groups in total. The number of anilines is 1. The van der Waals surface area contributed by atoms with E-state index in [-0.39, 0.29) is 29.8 Å². The van der Waals surface area contributed by atoms with Crippen molar-refractivity contribution in [3.8, 4) is 6.07 Å². The zero-order chi connectivity index (χ0) is 19.6. The standard InChI is InChI=1S/C21H20FN3O2/c1-13(2)11-25-12-18(16-5-3-4-6-17(16)21(25)27)20(26)24-15-7-8-19(22)14(9-15)10-23/h3-9,13,18H,11-12H2,1-2H3,(H,24,26)/t18-/m0/s1. The van der Waals surface area contributed by atoms with E-state index < -0.39 is 11.7 Å². The summed E-state index contributed by atoms with van der Waals surface area (Å²) >= 11 is 0. The Morgan fingerprint density at radius 3 is 2.78 bits per heavy atom. The van der Waals surface area contributed by atoms with Gasteiger partial charge in [0.1, 0.15) is 11.9 Å². The van der Waals surface area contributed by atoms with E-state index in [4.69, 9.17) is 5.26 Å². The number of nitriles is 1. The average molecular weight is 365 g/mol. The third-order valence-electron chi connectivity index (χ3n) is 4.51. The summed E-state index contributed by atoms with van der Waals surface area (Å²) in [4.78, 5) is 27.3. The number of carbonyl (C=O) groups is 2. The van der Waals surface area contributed by atoms with E-state index in [0.717, 1.165) is 6.07 Å². The number of hydrogen-bond donors (Lipinski definition) is 1. The number of hydrogen-bond acceptors (Lipinski definition) is 3. The van der Waals surface area contributed by atoms with E-state index in [1.165, 1.54) is 12.1 Å². The zero-order valence-corrected chi connectivity index (χ0v) is 15.2. The van der Waals surface area contributed by atoms with Gasteiger partial charge in [0.15, 0.2) is 0 Å². The Kier molecular flexibility index (Phi) is 5.22. The van der Waals surface area contributed by atoms with E-state index in [1.807, 2.05) is 13.8 Å². The van der Waals surface area contributed by atoms with Crippen LogP contribution in [0.2, 0.25) is 0 Å². The number of amides is 2. The van der Waals surface area contributed by atoms with Gasteiger partial charge in [0, 0.05) is 24.3 Å². The molecule has 0 fully saturated rings. The maximum Gasteiger partial charge on any atom is 0.254 e. The Balaban J connectivity index is 1.90. The van der Waals surface area contributed by atoms with E-state index in [9.17, 15) is 14.0 Å². The minimum Gasteiger partial charge on any atom is -0.337 e. The molecule has 0 spiro atoms. The van der Waals surface area contributed by atoms with Crippen LogP contribution in [0, 0.1) is 23.1 Å². The Labute approximate surface area is 157 Å². The van der Waals surface area contributed by atoms with E-state index in [1.54, 1.807) is 35.2 Å². The SMILES string of the molecule is CC(C)CN1C[C@H](C(=O)Nc2ccc(F)c(C#N)c2)c2ccccc2C1=O. The van der Waals surface area contributed by atoms with E-state index in [2.05, 4.69) is 5.32 Å². The molecule has 5 nitrogen and oxygen atoms in total. The van der Waals surface area contributed by atoms with Crippen molar-refractivity contribution in [2.75, 3.05) is 18.4 Å². The smallest absolute Gasteiger partial charge is 0.254 e. The van der Waals surface area contributed by atoms with Gasteiger partial charge in [0.25, 0.3) is 5.91 Å². The normalized spacial score (nSPS) is 16.0. The highest BCUT2D eigenvalue weighted by Gasteiger charge is 2.35. The van der Waals surface area contributed by atoms with Crippen molar-refractivity contribution < 1.29 is 14.0 Å². The van der Waals surface area contributed by atoms with Crippen LogP contribution in [-0.4, -0.2) is 29.8 Å². The summed E-state index contributed by atoms with van der Waals surface area (Å²) in [5.74, 6) is -1.25. The topological polar surface area (TPSA) is 73.2 Å². The quantitative estimate of drug-likeness (QED) is 0.901. The van der Waals surface area contributed by atoms with Crippen molar-refractivity contribution in [3.05, 3.63) is 65.0 Å². The number of fused-ring (bicyclic) bond motifs is 1. The lowest BCUT2D eigenvalue weighted by Gasteiger charge is -2.34. The van der Waals surface area contributed by atoms with Crippen molar-refractivity contribution >= 4 is 17.5 Å². The fourth-order valence-corrected chi connectivity index (χ4v) is 3.31. The summed E-state index contributed by atoms with van der Waals surface area (Å²) in [5.41, 5.74) is 1.43. The first kappa shape index (κ1) is 18.6. The van der Waals surface area contributed by atoms with Crippen LogP contribution in [0.25, 0.3) is 0 Å². The van der Waals surface area contributed by atoms with Crippen molar-refractivity contribution in [2.24, 2.45) is 5.92 Å². The highest BCUT2D eigenvalue weighted by molar-refractivity contribution is 6.03. The molecule has 1 atom stereocenters. The predicted octanol–water partition coefficient (Wildman–Crippen LogP) is 3.53. The summed E-state index contributed by atoms with van der Waals surface area (Å²) in [5, 5.41) is 11.7. The Hall–Kier alpha value is -3.20. The van der Waals surface area contributed by atoms with Gasteiger partial charge in [-0.05, 0) is 35.7 Å². The van der Waals surface area contributed by atoms with Crippen LogP contribution < -0.4 is 5.32 Å². The molecular weight excluding hydrogens is 345 g/mol. The minimum absolute atomic E-state index is 0.0723. The van der Waals surface area contributed by atoms with Crippen LogP contribution >= 0.6 is 0 Å². The molecule has 27 heavy (non-hydrogen) atoms. The summed E-state index contributed by atoms with van der Waals surface area (Å²) in [6.45, 7) is 4.88. The first-order valence-electron chi connectivity index (χ1n) is 8.79. The van der Waals surface area contributed by atoms with Crippen LogP contribution in [0.15, 0.2) is 42.5 Å². The van der Waals surface area contributed by atoms with Crippen LogP contribution in [-0.2, 0) is 4.79 Å². The van der Waals surface area contributed by atoms with Crippen molar-refractivity contribution in [1.29, 1.82) is 5.26 Å². The molecule has 1 aliphatic rings. The highest BCUT2D eigenvalue weighted by atomic mass is 19.1. The molecule has 6 heteroatoms. The molecule has 2 aromatic carbocycles. The molecule has 1 aliphatic heterocycles. The van der Waals surface area contributed by atoms with Crippen LogP contribution in [0.4, 0.5) is 10.1 Å². The second-order valence-corrected chi connectivity index (χ2v) is 7.04. The lowest BCUT2D eigenvalue weighted by atomic mass is 9.88. The lowest BCUT2D eigenvalue weighted by molar-refractivity contribution is -0.118. The molecule has 0 saturated carbocycles. The third kappa shape index (κ3) is 3.82. The Morgan fingerprint density at radius 1 is 1.33 bits per heavy atom. The largest absolute Gasteiger partial charge is 0.337 e. The monoisotopic (exact) mass is 365 g/mol.